The molecule has 7 heteroatoms. The van der Waals surface area contributed by atoms with E-state index in [0.717, 1.165) is 5.75 Å². The molecule has 0 aromatic heterocycles. The first-order valence-corrected chi connectivity index (χ1v) is 6.40. The van der Waals surface area contributed by atoms with E-state index in [4.69, 9.17) is 9.47 Å². The second kappa shape index (κ2) is 10.9. The van der Waals surface area contributed by atoms with Gasteiger partial charge in [-0.2, -0.15) is 0 Å². The number of thioether (sulfide) groups is 1. The van der Waals surface area contributed by atoms with Crippen molar-refractivity contribution in [1.82, 2.24) is 0 Å². The first-order valence-electron chi connectivity index (χ1n) is 5.24. The maximum Gasteiger partial charge on any atom is 0.338 e. The zero-order valence-electron chi connectivity index (χ0n) is 10.3. The minimum atomic E-state index is -0.375. The Balaban J connectivity index is 0.00000324. The molecule has 0 saturated heterocycles. The monoisotopic (exact) mass is 456 g/mol. The van der Waals surface area contributed by atoms with Crippen LogP contribution in [-0.4, -0.2) is 30.9 Å². The van der Waals surface area contributed by atoms with Crippen molar-refractivity contribution in [2.45, 2.75) is 6.92 Å². The quantitative estimate of drug-likeness (QED) is 0.259. The fourth-order valence-electron chi connectivity index (χ4n) is 1.07. The van der Waals surface area contributed by atoms with Crippen LogP contribution in [0.15, 0.2) is 24.3 Å². The molecule has 0 saturated carbocycles. The molecular formula is C12H13O5ReS-. The predicted octanol–water partition coefficient (Wildman–Crippen LogP) is 1.97. The van der Waals surface area contributed by atoms with Crippen molar-refractivity contribution >= 4 is 24.2 Å². The average Bonchev–Trinajstić information content (AvgIpc) is 2.40. The van der Waals surface area contributed by atoms with Gasteiger partial charge in [-0.3, -0.25) is 0 Å². The minimum Gasteiger partial charge on any atom is -0.626 e. The Morgan fingerprint density at radius 2 is 2.00 bits per heavy atom. The Morgan fingerprint density at radius 1 is 1.32 bits per heavy atom. The van der Waals surface area contributed by atoms with Gasteiger partial charge in [-0.05, 0) is 30.0 Å². The summed E-state index contributed by atoms with van der Waals surface area (Å²) in [5, 5.41) is 0. The van der Waals surface area contributed by atoms with Gasteiger partial charge in [0, 0.05) is 20.4 Å². The normalized spacial score (nSPS) is 9.11. The van der Waals surface area contributed by atoms with Gasteiger partial charge in [-0.25, -0.2) is 4.79 Å². The molecule has 5 nitrogen and oxygen atoms in total. The van der Waals surface area contributed by atoms with Gasteiger partial charge in [-0.15, -0.1) is 11.8 Å². The molecule has 1 rings (SSSR count). The van der Waals surface area contributed by atoms with E-state index >= 15 is 0 Å². The van der Waals surface area contributed by atoms with Crippen molar-refractivity contribution in [3.8, 4) is 5.75 Å². The molecular weight excluding hydrogens is 442 g/mol. The van der Waals surface area contributed by atoms with Gasteiger partial charge >= 0.3 is 5.97 Å². The molecule has 0 aliphatic heterocycles. The zero-order chi connectivity index (χ0) is 13.2. The Hall–Kier alpha value is -1.03. The van der Waals surface area contributed by atoms with E-state index in [0.29, 0.717) is 17.3 Å². The number of esters is 1. The third-order valence-electron chi connectivity index (χ3n) is 1.91. The van der Waals surface area contributed by atoms with E-state index in [-0.39, 0.29) is 33.2 Å². The van der Waals surface area contributed by atoms with Gasteiger partial charge in [0.1, 0.15) is 11.7 Å². The summed E-state index contributed by atoms with van der Waals surface area (Å²) in [5.74, 6) is 1.36. The largest absolute Gasteiger partial charge is 0.626 e. The third kappa shape index (κ3) is 7.21. The maximum absolute atomic E-state index is 11.5. The smallest absolute Gasteiger partial charge is 0.338 e. The Morgan fingerprint density at radius 3 is 2.58 bits per heavy atom. The van der Waals surface area contributed by atoms with Crippen molar-refractivity contribution in [1.29, 1.82) is 0 Å². The maximum atomic E-state index is 11.5. The molecule has 0 aliphatic rings. The predicted molar refractivity (Wildman–Crippen MR) is 67.1 cm³/mol. The number of rotatable bonds is 8. The van der Waals surface area contributed by atoms with E-state index in [2.05, 4.69) is 4.74 Å². The van der Waals surface area contributed by atoms with Crippen molar-refractivity contribution in [3.63, 3.8) is 0 Å². The van der Waals surface area contributed by atoms with Gasteiger partial charge in [0.2, 0.25) is 0 Å². The van der Waals surface area contributed by atoms with Crippen LogP contribution in [0.1, 0.15) is 17.3 Å². The van der Waals surface area contributed by atoms with Crippen molar-refractivity contribution in [3.05, 3.63) is 29.8 Å². The molecule has 105 valence electrons. The molecule has 0 aliphatic carbocycles. The van der Waals surface area contributed by atoms with E-state index in [9.17, 15) is 9.59 Å². The average molecular weight is 456 g/mol. The number of ether oxygens (including phenoxy) is 3. The van der Waals surface area contributed by atoms with Crippen molar-refractivity contribution < 1.29 is 44.2 Å². The standard InChI is InChI=1S/C12H13O5S.Re/c1-2-18-9-17-12(14)10-3-5-11(6-4-10)16-8-15-7-13;/h3-6H,2,8-9H2,1H3;/q-1;. The second-order valence-electron chi connectivity index (χ2n) is 3.06. The summed E-state index contributed by atoms with van der Waals surface area (Å²) in [4.78, 5) is 21.3. The topological polar surface area (TPSA) is 61.8 Å². The molecule has 0 N–H and O–H groups in total. The van der Waals surface area contributed by atoms with Crippen LogP contribution in [-0.2, 0) is 34.7 Å². The minimum absolute atomic E-state index is 0. The van der Waals surface area contributed by atoms with Gasteiger partial charge in [0.05, 0.1) is 5.56 Å². The molecule has 19 heavy (non-hydrogen) atoms. The summed E-state index contributed by atoms with van der Waals surface area (Å²) in [7, 11) is 0. The Labute approximate surface area is 129 Å². The van der Waals surface area contributed by atoms with Crippen LogP contribution in [0.4, 0.5) is 0 Å². The van der Waals surface area contributed by atoms with Crippen LogP contribution in [0.5, 0.6) is 5.75 Å². The third-order valence-corrected chi connectivity index (χ3v) is 2.60. The molecule has 0 bridgehead atoms. The Kier molecular flexibility index (Phi) is 10.3. The van der Waals surface area contributed by atoms with E-state index in [1.165, 1.54) is 18.2 Å². The van der Waals surface area contributed by atoms with Crippen LogP contribution in [0, 0.1) is 0 Å². The zero-order valence-corrected chi connectivity index (χ0v) is 13.8. The van der Waals surface area contributed by atoms with Gasteiger partial charge in [0.25, 0.3) is 0 Å². The number of carbonyl (C=O) groups excluding carboxylic acids is 2. The van der Waals surface area contributed by atoms with Gasteiger partial charge in [-0.1, -0.05) is 13.4 Å². The SMILES string of the molecule is CCSCOC(=O)c1ccc(OCO[C-]=O)cc1.[Re]. The Bertz CT molecular complexity index is 382. The molecule has 0 spiro atoms. The first-order chi connectivity index (χ1) is 8.77. The van der Waals surface area contributed by atoms with Crippen LogP contribution >= 0.6 is 11.8 Å². The molecule has 1 aromatic carbocycles. The van der Waals surface area contributed by atoms with Crippen LogP contribution in [0.3, 0.4) is 0 Å². The number of hydrogen-bond acceptors (Lipinski definition) is 6. The van der Waals surface area contributed by atoms with E-state index in [1.54, 1.807) is 24.3 Å². The number of benzene rings is 1. The summed E-state index contributed by atoms with van der Waals surface area (Å²) >= 11 is 1.53. The molecule has 0 heterocycles. The summed E-state index contributed by atoms with van der Waals surface area (Å²) in [5.41, 5.74) is 0.446. The van der Waals surface area contributed by atoms with Gasteiger partial charge in [0.15, 0.2) is 6.79 Å². The summed E-state index contributed by atoms with van der Waals surface area (Å²) in [6.07, 6.45) is 0. The number of hydrogen-bond donors (Lipinski definition) is 0. The molecule has 0 fully saturated rings. The van der Waals surface area contributed by atoms with Crippen LogP contribution in [0.2, 0.25) is 0 Å². The fourth-order valence-corrected chi connectivity index (χ4v) is 1.43. The van der Waals surface area contributed by atoms with Crippen molar-refractivity contribution in [2.75, 3.05) is 18.5 Å². The fraction of sp³-hybridized carbons (Fsp3) is 0.333. The van der Waals surface area contributed by atoms with E-state index < -0.39 is 0 Å². The summed E-state index contributed by atoms with van der Waals surface area (Å²) in [6.45, 7) is 3.03. The number of carbonyl (C=O) groups is 1. The van der Waals surface area contributed by atoms with Crippen molar-refractivity contribution in [2.24, 2.45) is 0 Å². The summed E-state index contributed by atoms with van der Waals surface area (Å²) < 4.78 is 14.3. The molecule has 0 atom stereocenters. The van der Waals surface area contributed by atoms with Gasteiger partial charge < -0.3 is 19.0 Å². The summed E-state index contributed by atoms with van der Waals surface area (Å²) in [6, 6.07) is 6.35. The van der Waals surface area contributed by atoms with E-state index in [1.807, 2.05) is 6.92 Å². The first kappa shape index (κ1) is 18.0. The van der Waals surface area contributed by atoms with Crippen LogP contribution in [0.25, 0.3) is 0 Å². The molecule has 0 unspecified atom stereocenters. The second-order valence-corrected chi connectivity index (χ2v) is 4.28. The molecule has 1 aromatic rings. The van der Waals surface area contributed by atoms with Crippen LogP contribution < -0.4 is 4.74 Å². The molecule has 0 amide bonds. The molecule has 1 radical (unpaired) electrons.